The van der Waals surface area contributed by atoms with E-state index in [1.54, 1.807) is 0 Å². The van der Waals surface area contributed by atoms with Crippen LogP contribution < -0.4 is 5.73 Å². The lowest BCUT2D eigenvalue weighted by molar-refractivity contribution is 0.171. The molecule has 0 saturated carbocycles. The van der Waals surface area contributed by atoms with Crippen LogP contribution in [-0.2, 0) is 6.42 Å². The van der Waals surface area contributed by atoms with Crippen LogP contribution in [0.5, 0.6) is 0 Å². The summed E-state index contributed by atoms with van der Waals surface area (Å²) in [6, 6.07) is 12.1. The molecule has 1 fully saturated rings. The van der Waals surface area contributed by atoms with Gasteiger partial charge in [0.2, 0.25) is 0 Å². The highest BCUT2D eigenvalue weighted by Gasteiger charge is 2.28. The standard InChI is InChI=1S/C16H26N2/c1-2-15-9-6-12-18(15)16(13-17)11-10-14-7-4-3-5-8-14/h3-5,7-8,15-16H,2,6,9-13,17H2,1H3. The van der Waals surface area contributed by atoms with Gasteiger partial charge in [0.1, 0.15) is 0 Å². The van der Waals surface area contributed by atoms with E-state index in [9.17, 15) is 0 Å². The second-order valence-electron chi connectivity index (χ2n) is 5.36. The van der Waals surface area contributed by atoms with Crippen molar-refractivity contribution in [1.29, 1.82) is 0 Å². The fraction of sp³-hybridized carbons (Fsp3) is 0.625. The summed E-state index contributed by atoms with van der Waals surface area (Å²) in [4.78, 5) is 2.66. The average molecular weight is 246 g/mol. The molecule has 2 heteroatoms. The summed E-state index contributed by atoms with van der Waals surface area (Å²) in [5, 5.41) is 0. The number of likely N-dealkylation sites (tertiary alicyclic amines) is 1. The normalized spacial score (nSPS) is 22.2. The molecule has 0 spiro atoms. The highest BCUT2D eigenvalue weighted by molar-refractivity contribution is 5.14. The van der Waals surface area contributed by atoms with Crippen LogP contribution in [0.15, 0.2) is 30.3 Å². The second kappa shape index (κ2) is 6.91. The molecule has 1 aromatic rings. The van der Waals surface area contributed by atoms with Crippen LogP contribution >= 0.6 is 0 Å². The van der Waals surface area contributed by atoms with E-state index in [0.717, 1.165) is 19.0 Å². The molecule has 2 nitrogen and oxygen atoms in total. The molecule has 2 unspecified atom stereocenters. The van der Waals surface area contributed by atoms with Gasteiger partial charge in [-0.15, -0.1) is 0 Å². The molecule has 1 heterocycles. The summed E-state index contributed by atoms with van der Waals surface area (Å²) in [6.45, 7) is 4.34. The minimum Gasteiger partial charge on any atom is -0.329 e. The van der Waals surface area contributed by atoms with Crippen molar-refractivity contribution >= 4 is 0 Å². The van der Waals surface area contributed by atoms with Crippen molar-refractivity contribution in [2.24, 2.45) is 5.73 Å². The monoisotopic (exact) mass is 246 g/mol. The van der Waals surface area contributed by atoms with E-state index in [0.29, 0.717) is 6.04 Å². The zero-order chi connectivity index (χ0) is 12.8. The van der Waals surface area contributed by atoms with Crippen LogP contribution in [0.2, 0.25) is 0 Å². The largest absolute Gasteiger partial charge is 0.329 e. The maximum Gasteiger partial charge on any atom is 0.0224 e. The minimum absolute atomic E-state index is 0.567. The predicted molar refractivity (Wildman–Crippen MR) is 77.6 cm³/mol. The smallest absolute Gasteiger partial charge is 0.0224 e. The Balaban J connectivity index is 1.89. The van der Waals surface area contributed by atoms with Gasteiger partial charge in [-0.3, -0.25) is 4.90 Å². The molecule has 0 bridgehead atoms. The molecule has 1 aliphatic heterocycles. The number of rotatable bonds is 6. The summed E-state index contributed by atoms with van der Waals surface area (Å²) in [5.41, 5.74) is 7.43. The number of nitrogens with two attached hydrogens (primary N) is 1. The molecule has 100 valence electrons. The Morgan fingerprint density at radius 1 is 1.33 bits per heavy atom. The van der Waals surface area contributed by atoms with Crippen molar-refractivity contribution in [3.63, 3.8) is 0 Å². The van der Waals surface area contributed by atoms with E-state index in [1.165, 1.54) is 37.8 Å². The Hall–Kier alpha value is -0.860. The van der Waals surface area contributed by atoms with Crippen molar-refractivity contribution < 1.29 is 0 Å². The summed E-state index contributed by atoms with van der Waals surface area (Å²) in [5.74, 6) is 0. The van der Waals surface area contributed by atoms with Crippen LogP contribution in [0.4, 0.5) is 0 Å². The Morgan fingerprint density at radius 3 is 2.78 bits per heavy atom. The first-order valence-corrected chi connectivity index (χ1v) is 7.35. The zero-order valence-electron chi connectivity index (χ0n) is 11.5. The molecule has 2 atom stereocenters. The highest BCUT2D eigenvalue weighted by Crippen LogP contribution is 2.24. The summed E-state index contributed by atoms with van der Waals surface area (Å²) < 4.78 is 0. The third kappa shape index (κ3) is 3.33. The molecule has 2 N–H and O–H groups in total. The first-order valence-electron chi connectivity index (χ1n) is 7.35. The van der Waals surface area contributed by atoms with Gasteiger partial charge < -0.3 is 5.73 Å². The minimum atomic E-state index is 0.567. The van der Waals surface area contributed by atoms with Crippen LogP contribution in [-0.4, -0.2) is 30.1 Å². The number of nitrogens with zero attached hydrogens (tertiary/aromatic N) is 1. The highest BCUT2D eigenvalue weighted by atomic mass is 15.2. The summed E-state index contributed by atoms with van der Waals surface area (Å²) >= 11 is 0. The van der Waals surface area contributed by atoms with Gasteiger partial charge >= 0.3 is 0 Å². The van der Waals surface area contributed by atoms with Crippen LogP contribution in [0.3, 0.4) is 0 Å². The van der Waals surface area contributed by atoms with E-state index in [4.69, 9.17) is 5.73 Å². The molecular formula is C16H26N2. The number of benzene rings is 1. The molecular weight excluding hydrogens is 220 g/mol. The Kier molecular flexibility index (Phi) is 5.21. The molecule has 0 radical (unpaired) electrons. The molecule has 1 saturated heterocycles. The Bertz CT molecular complexity index is 336. The maximum atomic E-state index is 5.99. The first kappa shape index (κ1) is 13.6. The molecule has 1 aliphatic rings. The third-order valence-corrected chi connectivity index (χ3v) is 4.24. The van der Waals surface area contributed by atoms with E-state index in [2.05, 4.69) is 42.2 Å². The predicted octanol–water partition coefficient (Wildman–Crippen LogP) is 2.82. The van der Waals surface area contributed by atoms with E-state index < -0.39 is 0 Å². The number of hydrogen-bond acceptors (Lipinski definition) is 2. The van der Waals surface area contributed by atoms with Crippen molar-refractivity contribution in [2.45, 2.75) is 51.1 Å². The number of hydrogen-bond donors (Lipinski definition) is 1. The van der Waals surface area contributed by atoms with Gasteiger partial charge in [-0.2, -0.15) is 0 Å². The van der Waals surface area contributed by atoms with Crippen LogP contribution in [0.25, 0.3) is 0 Å². The number of aryl methyl sites for hydroxylation is 1. The van der Waals surface area contributed by atoms with Crippen molar-refractivity contribution in [3.05, 3.63) is 35.9 Å². The van der Waals surface area contributed by atoms with Gasteiger partial charge in [-0.25, -0.2) is 0 Å². The average Bonchev–Trinajstić information content (AvgIpc) is 2.89. The Morgan fingerprint density at radius 2 is 2.11 bits per heavy atom. The van der Waals surface area contributed by atoms with Crippen LogP contribution in [0, 0.1) is 0 Å². The topological polar surface area (TPSA) is 29.3 Å². The van der Waals surface area contributed by atoms with Gasteiger partial charge in [0.25, 0.3) is 0 Å². The second-order valence-corrected chi connectivity index (χ2v) is 5.36. The Labute approximate surface area is 111 Å². The fourth-order valence-corrected chi connectivity index (χ4v) is 3.17. The molecule has 0 aromatic heterocycles. The van der Waals surface area contributed by atoms with Crippen molar-refractivity contribution in [2.75, 3.05) is 13.1 Å². The molecule has 18 heavy (non-hydrogen) atoms. The fourth-order valence-electron chi connectivity index (χ4n) is 3.17. The molecule has 2 rings (SSSR count). The zero-order valence-corrected chi connectivity index (χ0v) is 11.5. The summed E-state index contributed by atoms with van der Waals surface area (Å²) in [6.07, 6.45) is 6.31. The lowest BCUT2D eigenvalue weighted by Crippen LogP contribution is -2.43. The van der Waals surface area contributed by atoms with Gasteiger partial charge in [-0.05, 0) is 44.2 Å². The summed E-state index contributed by atoms with van der Waals surface area (Å²) in [7, 11) is 0. The molecule has 0 amide bonds. The molecule has 1 aromatic carbocycles. The first-order chi connectivity index (χ1) is 8.85. The van der Waals surface area contributed by atoms with Gasteiger partial charge in [0, 0.05) is 18.6 Å². The maximum absolute atomic E-state index is 5.99. The van der Waals surface area contributed by atoms with Crippen molar-refractivity contribution in [3.8, 4) is 0 Å². The quantitative estimate of drug-likeness (QED) is 0.836. The van der Waals surface area contributed by atoms with Crippen LogP contribution in [0.1, 0.15) is 38.2 Å². The lowest BCUT2D eigenvalue weighted by atomic mass is 10.0. The van der Waals surface area contributed by atoms with E-state index in [-0.39, 0.29) is 0 Å². The lowest BCUT2D eigenvalue weighted by Gasteiger charge is -2.32. The van der Waals surface area contributed by atoms with E-state index in [1.807, 2.05) is 0 Å². The SMILES string of the molecule is CCC1CCCN1C(CN)CCc1ccccc1. The van der Waals surface area contributed by atoms with E-state index >= 15 is 0 Å². The molecule has 0 aliphatic carbocycles. The van der Waals surface area contributed by atoms with Gasteiger partial charge in [-0.1, -0.05) is 37.3 Å². The van der Waals surface area contributed by atoms with Gasteiger partial charge in [0.05, 0.1) is 0 Å². The third-order valence-electron chi connectivity index (χ3n) is 4.24. The van der Waals surface area contributed by atoms with Crippen molar-refractivity contribution in [1.82, 2.24) is 4.90 Å². The van der Waals surface area contributed by atoms with Gasteiger partial charge in [0.15, 0.2) is 0 Å².